The van der Waals surface area contributed by atoms with E-state index in [1.165, 1.54) is 0 Å². The Bertz CT molecular complexity index is 832. The van der Waals surface area contributed by atoms with E-state index < -0.39 is 29.3 Å². The molecule has 34 heavy (non-hydrogen) atoms. The second kappa shape index (κ2) is 12.2. The summed E-state index contributed by atoms with van der Waals surface area (Å²) >= 11 is 0. The van der Waals surface area contributed by atoms with Crippen LogP contribution in [0.2, 0.25) is 0 Å². The van der Waals surface area contributed by atoms with Crippen molar-refractivity contribution in [2.75, 3.05) is 6.54 Å². The molecule has 192 valence electrons. The minimum Gasteiger partial charge on any atom is -0.444 e. The molecule has 2 unspecified atom stereocenters. The van der Waals surface area contributed by atoms with Gasteiger partial charge in [-0.1, -0.05) is 49.1 Å². The summed E-state index contributed by atoms with van der Waals surface area (Å²) in [6.07, 6.45) is 2.00. The van der Waals surface area contributed by atoms with E-state index in [-0.39, 0.29) is 11.8 Å². The maximum atomic E-state index is 13.7. The van der Waals surface area contributed by atoms with Gasteiger partial charge in [-0.15, -0.1) is 0 Å². The SMILES string of the molecule is CCCCCN(C(=O)C(C)NC(=O)OC(C)(C)C)C(C(=O)NC(C)(C)C)c1cc(C)cc(C)c1. The van der Waals surface area contributed by atoms with Gasteiger partial charge in [-0.05, 0) is 74.3 Å². The monoisotopic (exact) mass is 475 g/mol. The van der Waals surface area contributed by atoms with Gasteiger partial charge in [-0.25, -0.2) is 4.79 Å². The van der Waals surface area contributed by atoms with Crippen LogP contribution in [0.5, 0.6) is 0 Å². The van der Waals surface area contributed by atoms with Crippen LogP contribution < -0.4 is 10.6 Å². The van der Waals surface area contributed by atoms with Gasteiger partial charge in [0.1, 0.15) is 17.7 Å². The van der Waals surface area contributed by atoms with Crippen molar-refractivity contribution in [3.05, 3.63) is 34.9 Å². The van der Waals surface area contributed by atoms with Crippen LogP contribution in [0.25, 0.3) is 0 Å². The first-order valence-corrected chi connectivity index (χ1v) is 12.2. The van der Waals surface area contributed by atoms with Crippen molar-refractivity contribution in [3.63, 3.8) is 0 Å². The number of hydrogen-bond acceptors (Lipinski definition) is 4. The summed E-state index contributed by atoms with van der Waals surface area (Å²) in [6.45, 7) is 19.1. The molecule has 0 spiro atoms. The van der Waals surface area contributed by atoms with Gasteiger partial charge in [0.2, 0.25) is 11.8 Å². The molecule has 2 atom stereocenters. The smallest absolute Gasteiger partial charge is 0.408 e. The Morgan fingerprint density at radius 1 is 0.971 bits per heavy atom. The normalized spacial score (nSPS) is 13.6. The predicted molar refractivity (Wildman–Crippen MR) is 137 cm³/mol. The number of aryl methyl sites for hydroxylation is 2. The van der Waals surface area contributed by atoms with Gasteiger partial charge in [-0.3, -0.25) is 9.59 Å². The molecule has 0 fully saturated rings. The zero-order valence-electron chi connectivity index (χ0n) is 22.8. The second-order valence-electron chi connectivity index (χ2n) is 11.2. The second-order valence-corrected chi connectivity index (χ2v) is 11.2. The summed E-state index contributed by atoms with van der Waals surface area (Å²) in [5.74, 6) is -0.568. The minimum absolute atomic E-state index is 0.244. The summed E-state index contributed by atoms with van der Waals surface area (Å²) < 4.78 is 5.33. The van der Waals surface area contributed by atoms with Crippen LogP contribution in [0.3, 0.4) is 0 Å². The molecule has 3 amide bonds. The standard InChI is InChI=1S/C27H45N3O4/c1-11-12-13-14-30(24(32)20(4)28-25(33)34-27(8,9)10)22(23(31)29-26(5,6)7)21-16-18(2)15-19(3)17-21/h15-17,20,22H,11-14H2,1-10H3,(H,28,33)(H,29,31). The fourth-order valence-corrected chi connectivity index (χ4v) is 3.77. The van der Waals surface area contributed by atoms with Gasteiger partial charge >= 0.3 is 6.09 Å². The summed E-state index contributed by atoms with van der Waals surface area (Å²) in [6, 6.07) is 4.27. The third-order valence-electron chi connectivity index (χ3n) is 5.01. The molecule has 7 nitrogen and oxygen atoms in total. The van der Waals surface area contributed by atoms with E-state index in [1.807, 2.05) is 52.8 Å². The first-order valence-electron chi connectivity index (χ1n) is 12.2. The third kappa shape index (κ3) is 10.1. The van der Waals surface area contributed by atoms with Crippen LogP contribution in [0, 0.1) is 13.8 Å². The van der Waals surface area contributed by atoms with Gasteiger partial charge in [0.25, 0.3) is 0 Å². The highest BCUT2D eigenvalue weighted by Crippen LogP contribution is 2.26. The molecule has 0 aromatic heterocycles. The summed E-state index contributed by atoms with van der Waals surface area (Å²) in [7, 11) is 0. The Kier molecular flexibility index (Phi) is 10.6. The number of hydrogen-bond donors (Lipinski definition) is 2. The van der Waals surface area contributed by atoms with Crippen molar-refractivity contribution in [2.45, 2.75) is 112 Å². The summed E-state index contributed by atoms with van der Waals surface area (Å²) in [4.78, 5) is 41.2. The van der Waals surface area contributed by atoms with Crippen LogP contribution in [-0.2, 0) is 14.3 Å². The number of carbonyl (C=O) groups is 3. The van der Waals surface area contributed by atoms with E-state index in [0.717, 1.165) is 36.0 Å². The Morgan fingerprint density at radius 3 is 2.00 bits per heavy atom. The lowest BCUT2D eigenvalue weighted by atomic mass is 9.97. The Labute approximate surface area is 206 Å². The molecule has 0 saturated heterocycles. The fourth-order valence-electron chi connectivity index (χ4n) is 3.77. The quantitative estimate of drug-likeness (QED) is 0.481. The highest BCUT2D eigenvalue weighted by atomic mass is 16.6. The summed E-state index contributed by atoms with van der Waals surface area (Å²) in [5, 5.41) is 5.69. The maximum absolute atomic E-state index is 13.7. The molecule has 0 heterocycles. The number of nitrogens with one attached hydrogen (secondary N) is 2. The molecule has 7 heteroatoms. The van der Waals surface area contributed by atoms with Crippen LogP contribution >= 0.6 is 0 Å². The number of nitrogens with zero attached hydrogens (tertiary/aromatic N) is 1. The van der Waals surface area contributed by atoms with Crippen LogP contribution in [-0.4, -0.2) is 46.5 Å². The van der Waals surface area contributed by atoms with Crippen molar-refractivity contribution < 1.29 is 19.1 Å². The average molecular weight is 476 g/mol. The van der Waals surface area contributed by atoms with Crippen LogP contribution in [0.15, 0.2) is 18.2 Å². The molecule has 1 aromatic carbocycles. The van der Waals surface area contributed by atoms with E-state index in [4.69, 9.17) is 4.74 Å². The lowest BCUT2D eigenvalue weighted by molar-refractivity contribution is -0.142. The molecular formula is C27H45N3O4. The van der Waals surface area contributed by atoms with E-state index >= 15 is 0 Å². The van der Waals surface area contributed by atoms with Gasteiger partial charge in [0, 0.05) is 12.1 Å². The molecule has 0 aliphatic heterocycles. The highest BCUT2D eigenvalue weighted by Gasteiger charge is 2.35. The van der Waals surface area contributed by atoms with Crippen molar-refractivity contribution in [3.8, 4) is 0 Å². The first kappa shape index (κ1) is 29.5. The van der Waals surface area contributed by atoms with Gasteiger partial charge in [0.15, 0.2) is 0 Å². The number of unbranched alkanes of at least 4 members (excludes halogenated alkanes) is 2. The maximum Gasteiger partial charge on any atom is 0.408 e. The van der Waals surface area contributed by atoms with E-state index in [9.17, 15) is 14.4 Å². The predicted octanol–water partition coefficient (Wildman–Crippen LogP) is 5.19. The first-order chi connectivity index (χ1) is 15.5. The topological polar surface area (TPSA) is 87.7 Å². The molecule has 0 saturated carbocycles. The molecule has 0 aliphatic rings. The van der Waals surface area contributed by atoms with Crippen molar-refractivity contribution in [1.82, 2.24) is 15.5 Å². The van der Waals surface area contributed by atoms with Crippen molar-refractivity contribution in [2.24, 2.45) is 0 Å². The third-order valence-corrected chi connectivity index (χ3v) is 5.01. The van der Waals surface area contributed by atoms with Crippen molar-refractivity contribution >= 4 is 17.9 Å². The van der Waals surface area contributed by atoms with E-state index in [0.29, 0.717) is 6.54 Å². The molecule has 1 aromatic rings. The minimum atomic E-state index is -0.854. The van der Waals surface area contributed by atoms with E-state index in [1.54, 1.807) is 32.6 Å². The lowest BCUT2D eigenvalue weighted by Crippen LogP contribution is -2.54. The van der Waals surface area contributed by atoms with Crippen molar-refractivity contribution in [1.29, 1.82) is 0 Å². The average Bonchev–Trinajstić information content (AvgIpc) is 2.62. The van der Waals surface area contributed by atoms with Crippen LogP contribution in [0.1, 0.15) is 97.4 Å². The zero-order chi connectivity index (χ0) is 26.3. The summed E-state index contributed by atoms with van der Waals surface area (Å²) in [5.41, 5.74) is 1.65. The highest BCUT2D eigenvalue weighted by molar-refractivity contribution is 5.92. The largest absolute Gasteiger partial charge is 0.444 e. The lowest BCUT2D eigenvalue weighted by Gasteiger charge is -2.35. The van der Waals surface area contributed by atoms with Gasteiger partial charge in [-0.2, -0.15) is 0 Å². The van der Waals surface area contributed by atoms with Gasteiger partial charge in [0.05, 0.1) is 0 Å². The number of ether oxygens (including phenoxy) is 1. The Balaban J connectivity index is 3.41. The van der Waals surface area contributed by atoms with Gasteiger partial charge < -0.3 is 20.3 Å². The molecular weight excluding hydrogens is 430 g/mol. The number of amides is 3. The molecule has 0 radical (unpaired) electrons. The molecule has 2 N–H and O–H groups in total. The van der Waals surface area contributed by atoms with Crippen LogP contribution in [0.4, 0.5) is 4.79 Å². The number of alkyl carbamates (subject to hydrolysis) is 1. The Hall–Kier alpha value is -2.57. The molecule has 0 bridgehead atoms. The number of rotatable bonds is 9. The van der Waals surface area contributed by atoms with E-state index in [2.05, 4.69) is 17.6 Å². The molecule has 1 rings (SSSR count). The zero-order valence-corrected chi connectivity index (χ0v) is 22.8. The number of benzene rings is 1. The molecule has 0 aliphatic carbocycles. The Morgan fingerprint density at radius 2 is 1.53 bits per heavy atom. The number of carbonyl (C=O) groups excluding carboxylic acids is 3. The fraction of sp³-hybridized carbons (Fsp3) is 0.667.